The van der Waals surface area contributed by atoms with Crippen molar-refractivity contribution in [2.24, 2.45) is 4.40 Å². The molecule has 1 N–H and O–H groups in total. The molecule has 2 heterocycles. The summed E-state index contributed by atoms with van der Waals surface area (Å²) in [6.45, 7) is 0.191. The zero-order chi connectivity index (χ0) is 14.4. The van der Waals surface area contributed by atoms with Crippen LogP contribution in [0.25, 0.3) is 0 Å². The number of hydrogen-bond donors (Lipinski definition) is 1. The Hall–Kier alpha value is -2.54. The normalized spacial score (nSPS) is 17.2. The Bertz CT molecular complexity index is 874. The molecule has 0 aromatic heterocycles. The minimum absolute atomic E-state index is 0.191. The standard InChI is InChI=1S/C14H10N2O4S/c17-21(18)13-4-2-1-3-10(13)14(16-21)15-9-5-6-11-12(7-9)20-8-19-11/h1-7H,8H2,(H,15,16). The minimum Gasteiger partial charge on any atom is -0.454 e. The van der Waals surface area contributed by atoms with E-state index in [9.17, 15) is 8.42 Å². The number of fused-ring (bicyclic) bond motifs is 2. The van der Waals surface area contributed by atoms with Gasteiger partial charge in [0.15, 0.2) is 17.3 Å². The predicted molar refractivity (Wildman–Crippen MR) is 76.4 cm³/mol. The van der Waals surface area contributed by atoms with Crippen molar-refractivity contribution in [3.8, 4) is 11.5 Å². The number of anilines is 1. The van der Waals surface area contributed by atoms with Gasteiger partial charge < -0.3 is 14.8 Å². The summed E-state index contributed by atoms with van der Waals surface area (Å²) < 4.78 is 38.3. The maximum atomic E-state index is 12.0. The molecule has 21 heavy (non-hydrogen) atoms. The second-order valence-electron chi connectivity index (χ2n) is 4.60. The first kappa shape index (κ1) is 12.2. The van der Waals surface area contributed by atoms with Crippen molar-refractivity contribution >= 4 is 21.5 Å². The monoisotopic (exact) mass is 302 g/mol. The van der Waals surface area contributed by atoms with Crippen LogP contribution >= 0.6 is 0 Å². The van der Waals surface area contributed by atoms with Crippen LogP contribution in [0.4, 0.5) is 5.69 Å². The number of hydrogen-bond acceptors (Lipinski definition) is 5. The Balaban J connectivity index is 1.73. The highest BCUT2D eigenvalue weighted by Crippen LogP contribution is 2.35. The van der Waals surface area contributed by atoms with Crippen molar-refractivity contribution in [3.63, 3.8) is 0 Å². The molecule has 0 amide bonds. The number of rotatable bonds is 1. The molecule has 0 saturated heterocycles. The van der Waals surface area contributed by atoms with Gasteiger partial charge in [-0.2, -0.15) is 8.42 Å². The van der Waals surface area contributed by atoms with Gasteiger partial charge in [0.05, 0.1) is 0 Å². The molecule has 0 fully saturated rings. The summed E-state index contributed by atoms with van der Waals surface area (Å²) in [7, 11) is -3.62. The lowest BCUT2D eigenvalue weighted by atomic mass is 10.2. The molecule has 0 unspecified atom stereocenters. The van der Waals surface area contributed by atoms with Crippen molar-refractivity contribution in [2.75, 3.05) is 12.1 Å². The van der Waals surface area contributed by atoms with Gasteiger partial charge in [0, 0.05) is 17.3 Å². The summed E-state index contributed by atoms with van der Waals surface area (Å²) in [6, 6.07) is 12.0. The van der Waals surface area contributed by atoms with Crippen molar-refractivity contribution in [2.45, 2.75) is 4.90 Å². The highest BCUT2D eigenvalue weighted by atomic mass is 32.2. The Morgan fingerprint density at radius 2 is 1.86 bits per heavy atom. The molecule has 2 aliphatic rings. The van der Waals surface area contributed by atoms with Gasteiger partial charge in [0.2, 0.25) is 6.79 Å². The van der Waals surface area contributed by atoms with E-state index in [1.165, 1.54) is 0 Å². The van der Waals surface area contributed by atoms with Gasteiger partial charge in [0.1, 0.15) is 4.90 Å². The van der Waals surface area contributed by atoms with Gasteiger partial charge in [-0.25, -0.2) is 0 Å². The van der Waals surface area contributed by atoms with E-state index < -0.39 is 10.0 Å². The van der Waals surface area contributed by atoms with E-state index in [2.05, 4.69) is 9.71 Å². The van der Waals surface area contributed by atoms with Crippen LogP contribution in [0.5, 0.6) is 11.5 Å². The molecule has 6 nitrogen and oxygen atoms in total. The second-order valence-corrected chi connectivity index (χ2v) is 6.18. The predicted octanol–water partition coefficient (Wildman–Crippen LogP) is 1.98. The van der Waals surface area contributed by atoms with Crippen LogP contribution in [-0.2, 0) is 10.0 Å². The summed E-state index contributed by atoms with van der Waals surface area (Å²) in [5.41, 5.74) is 1.25. The summed E-state index contributed by atoms with van der Waals surface area (Å²) in [6.07, 6.45) is 0. The molecule has 7 heteroatoms. The largest absolute Gasteiger partial charge is 0.454 e. The molecule has 0 radical (unpaired) electrons. The van der Waals surface area contributed by atoms with Crippen molar-refractivity contribution in [3.05, 3.63) is 48.0 Å². The summed E-state index contributed by atoms with van der Waals surface area (Å²) >= 11 is 0. The van der Waals surface area contributed by atoms with E-state index in [1.54, 1.807) is 42.5 Å². The summed E-state index contributed by atoms with van der Waals surface area (Å²) in [5.74, 6) is 1.60. The lowest BCUT2D eigenvalue weighted by Crippen LogP contribution is -2.11. The number of ether oxygens (including phenoxy) is 2. The van der Waals surface area contributed by atoms with Crippen LogP contribution in [0.1, 0.15) is 5.56 Å². The molecule has 2 aromatic carbocycles. The zero-order valence-corrected chi connectivity index (χ0v) is 11.6. The maximum absolute atomic E-state index is 12.0. The highest BCUT2D eigenvalue weighted by molar-refractivity contribution is 7.90. The Morgan fingerprint density at radius 3 is 2.76 bits per heavy atom. The Kier molecular flexibility index (Phi) is 2.46. The molecule has 4 rings (SSSR count). The average Bonchev–Trinajstić information content (AvgIpc) is 3.02. The topological polar surface area (TPSA) is 77.0 Å². The third-order valence-corrected chi connectivity index (χ3v) is 4.60. The zero-order valence-electron chi connectivity index (χ0n) is 10.7. The lowest BCUT2D eigenvalue weighted by Gasteiger charge is -2.07. The van der Waals surface area contributed by atoms with Crippen molar-refractivity contribution in [1.29, 1.82) is 0 Å². The molecule has 106 valence electrons. The molecule has 0 saturated carbocycles. The van der Waals surface area contributed by atoms with Gasteiger partial charge in [0.25, 0.3) is 10.0 Å². The van der Waals surface area contributed by atoms with E-state index in [0.717, 1.165) is 0 Å². The minimum atomic E-state index is -3.62. The van der Waals surface area contributed by atoms with Crippen LogP contribution in [0.15, 0.2) is 51.8 Å². The molecular weight excluding hydrogens is 292 g/mol. The lowest BCUT2D eigenvalue weighted by molar-refractivity contribution is 0.174. The smallest absolute Gasteiger partial charge is 0.285 e. The van der Waals surface area contributed by atoms with Crippen molar-refractivity contribution < 1.29 is 17.9 Å². The SMILES string of the molecule is O=S1(=O)N=C(Nc2ccc3c(c2)OCO3)c2ccccc21. The molecule has 0 aliphatic carbocycles. The highest BCUT2D eigenvalue weighted by Gasteiger charge is 2.28. The maximum Gasteiger partial charge on any atom is 0.285 e. The van der Waals surface area contributed by atoms with Gasteiger partial charge >= 0.3 is 0 Å². The average molecular weight is 302 g/mol. The first-order valence-electron chi connectivity index (χ1n) is 6.24. The van der Waals surface area contributed by atoms with Crippen LogP contribution in [0.2, 0.25) is 0 Å². The van der Waals surface area contributed by atoms with E-state index >= 15 is 0 Å². The summed E-state index contributed by atoms with van der Waals surface area (Å²) in [4.78, 5) is 0.216. The fourth-order valence-corrected chi connectivity index (χ4v) is 3.48. The quantitative estimate of drug-likeness (QED) is 0.871. The Morgan fingerprint density at radius 1 is 1.05 bits per heavy atom. The Labute approximate surface area is 121 Å². The molecule has 0 bridgehead atoms. The van der Waals surface area contributed by atoms with Gasteiger partial charge in [-0.15, -0.1) is 4.40 Å². The molecular formula is C14H10N2O4S. The van der Waals surface area contributed by atoms with Gasteiger partial charge in [-0.05, 0) is 24.3 Å². The van der Waals surface area contributed by atoms with Gasteiger partial charge in [-0.3, -0.25) is 0 Å². The molecule has 2 aliphatic heterocycles. The number of nitrogens with one attached hydrogen (secondary N) is 1. The molecule has 0 atom stereocenters. The van der Waals surface area contributed by atoms with E-state index in [1.807, 2.05) is 0 Å². The van der Waals surface area contributed by atoms with E-state index in [0.29, 0.717) is 28.6 Å². The number of amidine groups is 1. The summed E-state index contributed by atoms with van der Waals surface area (Å²) in [5, 5.41) is 3.02. The van der Waals surface area contributed by atoms with Crippen LogP contribution in [-0.4, -0.2) is 21.0 Å². The first-order chi connectivity index (χ1) is 10.1. The van der Waals surface area contributed by atoms with Crippen LogP contribution in [0, 0.1) is 0 Å². The molecule has 2 aromatic rings. The van der Waals surface area contributed by atoms with E-state index in [4.69, 9.17) is 9.47 Å². The first-order valence-corrected chi connectivity index (χ1v) is 7.68. The number of benzene rings is 2. The number of nitrogens with zero attached hydrogens (tertiary/aromatic N) is 1. The van der Waals surface area contributed by atoms with Gasteiger partial charge in [-0.1, -0.05) is 12.1 Å². The fourth-order valence-electron chi connectivity index (χ4n) is 2.31. The molecule has 0 spiro atoms. The fraction of sp³-hybridized carbons (Fsp3) is 0.0714. The van der Waals surface area contributed by atoms with E-state index in [-0.39, 0.29) is 11.7 Å². The third-order valence-electron chi connectivity index (χ3n) is 3.27. The number of sulfonamides is 1. The second kappa shape index (κ2) is 4.23. The third kappa shape index (κ3) is 1.93. The van der Waals surface area contributed by atoms with Crippen LogP contribution in [0.3, 0.4) is 0 Å². The van der Waals surface area contributed by atoms with Crippen LogP contribution < -0.4 is 14.8 Å². The van der Waals surface area contributed by atoms with Crippen molar-refractivity contribution in [1.82, 2.24) is 0 Å².